The molecule has 12 nitrogen and oxygen atoms in total. The van der Waals surface area contributed by atoms with E-state index in [-0.39, 0.29) is 82.3 Å². The third-order valence-corrected chi connectivity index (χ3v) is 13.7. The highest BCUT2D eigenvalue weighted by Gasteiger charge is 2.67. The molecule has 6 heterocycles. The minimum absolute atomic E-state index is 0.0261. The molecule has 4 amide bonds. The lowest BCUT2D eigenvalue weighted by molar-refractivity contribution is -0.306. The van der Waals surface area contributed by atoms with Crippen LogP contribution in [0.2, 0.25) is 0 Å². The van der Waals surface area contributed by atoms with E-state index < -0.39 is 0 Å². The largest absolute Gasteiger partial charge is 0.325 e. The SMILES string of the molecule is CON1C(C)(C)C(C)C(N2CN3C(=O)N4CN(C5C(C)C(C)(C)N(OC)C(C)(C)C5C)CN5C(=O)N(C2)C3C45)C(C)C1(C)C. The fourth-order valence-electron chi connectivity index (χ4n) is 10.6. The Kier molecular flexibility index (Phi) is 7.26. The van der Waals surface area contributed by atoms with Gasteiger partial charge < -0.3 is 9.68 Å². The first-order chi connectivity index (χ1) is 20.3. The summed E-state index contributed by atoms with van der Waals surface area (Å²) in [5, 5.41) is 4.30. The zero-order valence-corrected chi connectivity index (χ0v) is 29.7. The van der Waals surface area contributed by atoms with Gasteiger partial charge in [-0.3, -0.25) is 29.4 Å². The van der Waals surface area contributed by atoms with Gasteiger partial charge in [0.15, 0.2) is 12.3 Å². The summed E-state index contributed by atoms with van der Waals surface area (Å²) in [5.74, 6) is 0.931. The second kappa shape index (κ2) is 9.90. The van der Waals surface area contributed by atoms with Crippen LogP contribution in [0.4, 0.5) is 9.59 Å². The molecule has 0 N–H and O–H groups in total. The van der Waals surface area contributed by atoms with Crippen LogP contribution in [0.1, 0.15) is 83.1 Å². The standard InChI is InChI=1S/C32H58N8O4/c1-19-23(20(2)30(7,8)39(43-13)29(19,5)6)33-15-35-25-26-37(27(35)41)17-34(18-38(26)28(42)36(25)16-33)24-21(3)31(9,10)40(44-14)32(11,12)22(24)4/h19-26H,15-18H2,1-14H3. The summed E-state index contributed by atoms with van der Waals surface area (Å²) >= 11 is 0. The Morgan fingerprint density at radius 1 is 0.500 bits per heavy atom. The molecule has 0 bridgehead atoms. The van der Waals surface area contributed by atoms with Crippen LogP contribution >= 0.6 is 0 Å². The average Bonchev–Trinajstić information content (AvgIpc) is 3.38. The first kappa shape index (κ1) is 32.2. The lowest BCUT2D eigenvalue weighted by Gasteiger charge is -2.63. The van der Waals surface area contributed by atoms with Gasteiger partial charge >= 0.3 is 12.1 Å². The van der Waals surface area contributed by atoms with Crippen molar-refractivity contribution in [3.63, 3.8) is 0 Å². The summed E-state index contributed by atoms with van der Waals surface area (Å²) in [6, 6.07) is 0.369. The van der Waals surface area contributed by atoms with Gasteiger partial charge in [0.2, 0.25) is 0 Å². The number of hydrogen-bond donors (Lipinski definition) is 0. The molecule has 6 saturated heterocycles. The van der Waals surface area contributed by atoms with Gasteiger partial charge in [0.25, 0.3) is 0 Å². The van der Waals surface area contributed by atoms with Gasteiger partial charge in [0.05, 0.1) is 40.9 Å². The number of carbonyl (C=O) groups is 2. The van der Waals surface area contributed by atoms with Gasteiger partial charge in [-0.05, 0) is 79.1 Å². The maximum Gasteiger partial charge on any atom is 0.325 e. The number of piperidine rings is 2. The Hall–Kier alpha value is -1.70. The monoisotopic (exact) mass is 618 g/mol. The number of nitrogens with zero attached hydrogens (tertiary/aromatic N) is 8. The highest BCUT2D eigenvalue weighted by atomic mass is 16.7. The van der Waals surface area contributed by atoms with Crippen molar-refractivity contribution in [1.29, 1.82) is 0 Å². The molecule has 0 radical (unpaired) electrons. The van der Waals surface area contributed by atoms with Crippen LogP contribution in [0, 0.1) is 23.7 Å². The molecule has 6 rings (SSSR count). The molecule has 0 aromatic carbocycles. The molecule has 0 spiro atoms. The van der Waals surface area contributed by atoms with E-state index in [1.165, 1.54) is 0 Å². The summed E-state index contributed by atoms with van der Waals surface area (Å²) in [6.07, 6.45) is -0.505. The zero-order valence-electron chi connectivity index (χ0n) is 29.7. The van der Waals surface area contributed by atoms with Crippen molar-refractivity contribution < 1.29 is 19.3 Å². The predicted octanol–water partition coefficient (Wildman–Crippen LogP) is 3.73. The van der Waals surface area contributed by atoms with Crippen LogP contribution < -0.4 is 0 Å². The molecule has 0 saturated carbocycles. The Labute approximate surface area is 265 Å². The lowest BCUT2D eigenvalue weighted by atomic mass is 9.65. The average molecular weight is 619 g/mol. The van der Waals surface area contributed by atoms with E-state index >= 15 is 0 Å². The Balaban J connectivity index is 1.30. The van der Waals surface area contributed by atoms with E-state index in [4.69, 9.17) is 9.68 Å². The van der Waals surface area contributed by atoms with Gasteiger partial charge in [0.1, 0.15) is 0 Å². The number of hydrogen-bond acceptors (Lipinski definition) is 8. The van der Waals surface area contributed by atoms with Crippen molar-refractivity contribution in [2.45, 2.75) is 130 Å². The predicted molar refractivity (Wildman–Crippen MR) is 167 cm³/mol. The van der Waals surface area contributed by atoms with Crippen molar-refractivity contribution in [2.24, 2.45) is 23.7 Å². The van der Waals surface area contributed by atoms with Crippen molar-refractivity contribution in [1.82, 2.24) is 39.5 Å². The molecule has 0 aromatic rings. The summed E-state index contributed by atoms with van der Waals surface area (Å²) in [4.78, 5) is 53.2. The van der Waals surface area contributed by atoms with Crippen LogP contribution in [0.5, 0.6) is 0 Å². The molecule has 0 aliphatic carbocycles. The quantitative estimate of drug-likeness (QED) is 0.472. The summed E-state index contributed by atoms with van der Waals surface area (Å²) in [7, 11) is 3.52. The van der Waals surface area contributed by atoms with Crippen molar-refractivity contribution in [3.8, 4) is 0 Å². The maximum atomic E-state index is 14.3. The number of rotatable bonds is 4. The fourth-order valence-corrected chi connectivity index (χ4v) is 10.6. The fraction of sp³-hybridized carbons (Fsp3) is 0.938. The lowest BCUT2D eigenvalue weighted by Crippen LogP contribution is -2.74. The van der Waals surface area contributed by atoms with Crippen LogP contribution in [0.25, 0.3) is 0 Å². The molecule has 6 aliphatic heterocycles. The number of hydroxylamine groups is 4. The van der Waals surface area contributed by atoms with Crippen LogP contribution in [-0.2, 0) is 9.68 Å². The Bertz CT molecular complexity index is 1030. The smallest absolute Gasteiger partial charge is 0.301 e. The van der Waals surface area contributed by atoms with Crippen LogP contribution in [0.15, 0.2) is 0 Å². The third-order valence-electron chi connectivity index (χ3n) is 13.7. The second-order valence-corrected chi connectivity index (χ2v) is 16.7. The van der Waals surface area contributed by atoms with Crippen molar-refractivity contribution in [3.05, 3.63) is 0 Å². The molecule has 4 unspecified atom stereocenters. The summed E-state index contributed by atoms with van der Waals surface area (Å²) < 4.78 is 0. The van der Waals surface area contributed by atoms with Crippen LogP contribution in [-0.4, -0.2) is 139 Å². The van der Waals surface area contributed by atoms with Gasteiger partial charge in [-0.25, -0.2) is 9.59 Å². The number of urea groups is 2. The van der Waals surface area contributed by atoms with E-state index in [0.717, 1.165) is 0 Å². The first-order valence-electron chi connectivity index (χ1n) is 16.6. The molecule has 0 aromatic heterocycles. The van der Waals surface area contributed by atoms with Crippen LogP contribution in [0.3, 0.4) is 0 Å². The normalized spacial score (nSPS) is 39.5. The minimum Gasteiger partial charge on any atom is -0.301 e. The van der Waals surface area contributed by atoms with E-state index in [1.807, 2.05) is 19.6 Å². The van der Waals surface area contributed by atoms with Gasteiger partial charge in [0, 0.05) is 34.2 Å². The minimum atomic E-state index is -0.253. The topological polar surface area (TPSA) is 78.5 Å². The maximum absolute atomic E-state index is 14.3. The number of carbonyl (C=O) groups excluding carboxylic acids is 2. The molecule has 4 atom stereocenters. The molecule has 6 aliphatic rings. The first-order valence-corrected chi connectivity index (χ1v) is 16.6. The molecular weight excluding hydrogens is 560 g/mol. The van der Waals surface area contributed by atoms with E-state index in [2.05, 4.69) is 103 Å². The van der Waals surface area contributed by atoms with E-state index in [1.54, 1.807) is 14.2 Å². The van der Waals surface area contributed by atoms with Gasteiger partial charge in [-0.1, -0.05) is 27.7 Å². The van der Waals surface area contributed by atoms with Gasteiger partial charge in [-0.2, -0.15) is 10.1 Å². The highest BCUT2D eigenvalue weighted by Crippen LogP contribution is 2.51. The van der Waals surface area contributed by atoms with E-state index in [9.17, 15) is 9.59 Å². The summed E-state index contributed by atoms with van der Waals surface area (Å²) in [6.45, 7) is 29.1. The molecule has 250 valence electrons. The van der Waals surface area contributed by atoms with Crippen molar-refractivity contribution >= 4 is 12.1 Å². The van der Waals surface area contributed by atoms with Crippen molar-refractivity contribution in [2.75, 3.05) is 40.9 Å². The molecule has 44 heavy (non-hydrogen) atoms. The van der Waals surface area contributed by atoms with Gasteiger partial charge in [-0.15, -0.1) is 0 Å². The second-order valence-electron chi connectivity index (χ2n) is 16.7. The third kappa shape index (κ3) is 3.90. The Morgan fingerprint density at radius 2 is 0.727 bits per heavy atom. The molecule has 12 heteroatoms. The molecule has 6 fully saturated rings. The van der Waals surface area contributed by atoms with E-state index in [0.29, 0.717) is 26.7 Å². The summed E-state index contributed by atoms with van der Waals surface area (Å²) in [5.41, 5.74) is -0.960. The zero-order chi connectivity index (χ0) is 32.6. The highest BCUT2D eigenvalue weighted by molar-refractivity contribution is 5.86. The Morgan fingerprint density at radius 3 is 0.932 bits per heavy atom. The molecular formula is C32H58N8O4. The number of amides is 4.